The zero-order valence-electron chi connectivity index (χ0n) is 19.7. The molecular formula is C27H26BClF4N2O. The van der Waals surface area contributed by atoms with E-state index in [1.165, 1.54) is 18.5 Å². The molecule has 5 rings (SSSR count). The summed E-state index contributed by atoms with van der Waals surface area (Å²) in [7, 11) is -6.00. The monoisotopic (exact) mass is 516 g/mol. The topological polar surface area (TPSA) is 30.4 Å². The average Bonchev–Trinajstić information content (AvgIpc) is 2.85. The highest BCUT2D eigenvalue weighted by Gasteiger charge is 2.20. The molecule has 0 amide bonds. The molecule has 2 heterocycles. The lowest BCUT2D eigenvalue weighted by Gasteiger charge is -2.32. The van der Waals surface area contributed by atoms with Crippen LogP contribution in [-0.4, -0.2) is 20.3 Å². The van der Waals surface area contributed by atoms with E-state index in [9.17, 15) is 17.3 Å². The van der Waals surface area contributed by atoms with E-state index in [2.05, 4.69) is 53.2 Å². The maximum atomic E-state index is 9.75. The molecule has 0 aliphatic carbocycles. The van der Waals surface area contributed by atoms with Crippen molar-refractivity contribution >= 4 is 41.2 Å². The number of fused-ring (bicyclic) bond motifs is 1. The fourth-order valence-corrected chi connectivity index (χ4v) is 4.36. The third kappa shape index (κ3) is 7.14. The molecule has 0 unspecified atom stereocenters. The molecule has 0 radical (unpaired) electrons. The van der Waals surface area contributed by atoms with Crippen molar-refractivity contribution in [2.45, 2.75) is 19.8 Å². The number of nitrogens with one attached hydrogen (secondary N) is 1. The van der Waals surface area contributed by atoms with Crippen molar-refractivity contribution in [2.75, 3.05) is 18.0 Å². The van der Waals surface area contributed by atoms with Crippen molar-refractivity contribution in [2.24, 2.45) is 5.92 Å². The molecule has 1 saturated heterocycles. The van der Waals surface area contributed by atoms with Crippen LogP contribution in [0.2, 0.25) is 5.02 Å². The maximum absolute atomic E-state index is 9.75. The zero-order valence-corrected chi connectivity index (χ0v) is 20.5. The second-order valence-corrected chi connectivity index (χ2v) is 9.30. The van der Waals surface area contributed by atoms with Crippen molar-refractivity contribution < 1.29 is 26.7 Å². The summed E-state index contributed by atoms with van der Waals surface area (Å²) in [4.78, 5) is 6.06. The summed E-state index contributed by atoms with van der Waals surface area (Å²) in [5, 5.41) is 2.62. The Hall–Kier alpha value is -3.26. The molecule has 188 valence electrons. The second kappa shape index (κ2) is 11.2. The number of hydrogen-bond acceptors (Lipinski definition) is 2. The maximum Gasteiger partial charge on any atom is 0.673 e. The van der Waals surface area contributed by atoms with Crippen LogP contribution in [0, 0.1) is 5.92 Å². The zero-order chi connectivity index (χ0) is 25.7. The molecule has 1 fully saturated rings. The molecule has 1 aliphatic rings. The quantitative estimate of drug-likeness (QED) is 0.246. The van der Waals surface area contributed by atoms with Crippen molar-refractivity contribution in [1.29, 1.82) is 0 Å². The van der Waals surface area contributed by atoms with Gasteiger partial charge in [0.05, 0.1) is 11.5 Å². The Balaban J connectivity index is 0.000000556. The number of nitrogens with zero attached hydrogens (tertiary/aromatic N) is 1. The first-order chi connectivity index (χ1) is 17.2. The Morgan fingerprint density at radius 2 is 1.53 bits per heavy atom. The molecule has 4 aromatic rings. The predicted octanol–water partition coefficient (Wildman–Crippen LogP) is 6.60. The number of piperidine rings is 1. The largest absolute Gasteiger partial charge is 0.673 e. The van der Waals surface area contributed by atoms with Gasteiger partial charge in [-0.15, -0.1) is 0 Å². The van der Waals surface area contributed by atoms with Gasteiger partial charge in [0.2, 0.25) is 11.0 Å². The molecule has 1 N–H and O–H groups in total. The Kier molecular flexibility index (Phi) is 8.04. The van der Waals surface area contributed by atoms with Gasteiger partial charge >= 0.3 is 7.25 Å². The van der Waals surface area contributed by atoms with E-state index in [0.29, 0.717) is 5.02 Å². The predicted molar refractivity (Wildman–Crippen MR) is 138 cm³/mol. The summed E-state index contributed by atoms with van der Waals surface area (Å²) in [6, 6.07) is 26.6. The minimum Gasteiger partial charge on any atom is -0.456 e. The number of rotatable bonds is 3. The van der Waals surface area contributed by atoms with E-state index in [4.69, 9.17) is 16.0 Å². The van der Waals surface area contributed by atoms with Crippen LogP contribution in [-0.2, 0) is 0 Å². The van der Waals surface area contributed by atoms with Crippen molar-refractivity contribution in [1.82, 2.24) is 0 Å². The summed E-state index contributed by atoms with van der Waals surface area (Å²) < 4.78 is 45.2. The smallest absolute Gasteiger partial charge is 0.456 e. The van der Waals surface area contributed by atoms with Crippen LogP contribution in [0.15, 0.2) is 83.3 Å². The number of halogens is 5. The lowest BCUT2D eigenvalue weighted by atomic mass is 9.99. The molecular weight excluding hydrogens is 491 g/mol. The summed E-state index contributed by atoms with van der Waals surface area (Å²) in [6.45, 7) is 4.62. The van der Waals surface area contributed by atoms with Crippen LogP contribution < -0.4 is 15.2 Å². The van der Waals surface area contributed by atoms with Gasteiger partial charge in [0.15, 0.2) is 0 Å². The van der Waals surface area contributed by atoms with Crippen LogP contribution in [0.25, 0.3) is 22.3 Å². The first kappa shape index (κ1) is 25.8. The van der Waals surface area contributed by atoms with Crippen molar-refractivity contribution in [3.05, 3.63) is 89.2 Å². The minimum absolute atomic E-state index is 0.688. The standard InChI is InChI=1S/C27H25ClN2O.BF4/c1-19-13-15-30(16-14-19)23-10-8-22(9-11-23)29-25-18-27(20-5-3-2-4-6-20)31-26-12-7-21(28)17-24(25)26;2-1(3,4)5/h2-12,17-19H,13-16H2,1H3;/q;-1/p+1. The number of anilines is 1. The minimum atomic E-state index is -6.00. The van der Waals surface area contributed by atoms with Crippen LogP contribution in [0.5, 0.6) is 0 Å². The van der Waals surface area contributed by atoms with Crippen molar-refractivity contribution in [3.63, 3.8) is 0 Å². The molecule has 0 atom stereocenters. The van der Waals surface area contributed by atoms with E-state index in [1.807, 2.05) is 42.5 Å². The molecule has 0 spiro atoms. The summed E-state index contributed by atoms with van der Waals surface area (Å²) in [6.07, 6.45) is 2.53. The van der Waals surface area contributed by atoms with Crippen LogP contribution in [0.1, 0.15) is 19.8 Å². The van der Waals surface area contributed by atoms with E-state index in [-0.39, 0.29) is 0 Å². The third-order valence-corrected chi connectivity index (χ3v) is 6.32. The molecule has 9 heteroatoms. The van der Waals surface area contributed by atoms with E-state index < -0.39 is 7.25 Å². The molecule has 1 aliphatic heterocycles. The normalized spacial score (nSPS) is 15.1. The highest BCUT2D eigenvalue weighted by molar-refractivity contribution is 6.50. The number of benzene rings is 3. The molecule has 36 heavy (non-hydrogen) atoms. The Morgan fingerprint density at radius 3 is 2.17 bits per heavy atom. The van der Waals surface area contributed by atoms with Gasteiger partial charge in [-0.1, -0.05) is 48.9 Å². The SMILES string of the molecule is CC1CCN(c2ccc([NH+]=c3cc(-c4ccccc4)oc4ccc(Cl)cc34)cc2)CC1.F[B-](F)(F)F. The summed E-state index contributed by atoms with van der Waals surface area (Å²) in [5.74, 6) is 1.65. The Bertz CT molecular complexity index is 1360. The lowest BCUT2D eigenvalue weighted by Crippen LogP contribution is -2.70. The van der Waals surface area contributed by atoms with Gasteiger partial charge in [0.25, 0.3) is 0 Å². The first-order valence-corrected chi connectivity index (χ1v) is 12.1. The van der Waals surface area contributed by atoms with Gasteiger partial charge in [-0.3, -0.25) is 0 Å². The van der Waals surface area contributed by atoms with Crippen LogP contribution in [0.3, 0.4) is 0 Å². The summed E-state index contributed by atoms with van der Waals surface area (Å²) in [5.41, 5.74) is 4.17. The van der Waals surface area contributed by atoms with Crippen LogP contribution in [0.4, 0.5) is 28.6 Å². The average molecular weight is 517 g/mol. The fraction of sp³-hybridized carbons (Fsp3) is 0.222. The summed E-state index contributed by atoms with van der Waals surface area (Å²) >= 11 is 6.29. The third-order valence-electron chi connectivity index (χ3n) is 6.08. The number of hydrogen-bond donors (Lipinski definition) is 1. The van der Waals surface area contributed by atoms with Crippen LogP contribution >= 0.6 is 11.6 Å². The molecule has 1 aromatic heterocycles. The van der Waals surface area contributed by atoms with Gasteiger partial charge in [-0.2, -0.15) is 0 Å². The first-order valence-electron chi connectivity index (χ1n) is 11.8. The fourth-order valence-electron chi connectivity index (χ4n) is 4.18. The van der Waals surface area contributed by atoms with Gasteiger partial charge < -0.3 is 26.6 Å². The second-order valence-electron chi connectivity index (χ2n) is 8.87. The lowest BCUT2D eigenvalue weighted by molar-refractivity contribution is -0.400. The van der Waals surface area contributed by atoms with Gasteiger partial charge in [0.1, 0.15) is 11.3 Å². The molecule has 0 saturated carbocycles. The Labute approximate surface area is 212 Å². The highest BCUT2D eigenvalue weighted by Crippen LogP contribution is 2.25. The van der Waals surface area contributed by atoms with E-state index >= 15 is 0 Å². The van der Waals surface area contributed by atoms with Gasteiger partial charge in [0, 0.05) is 41.5 Å². The Morgan fingerprint density at radius 1 is 0.889 bits per heavy atom. The van der Waals surface area contributed by atoms with Gasteiger partial charge in [-0.25, -0.2) is 4.99 Å². The van der Waals surface area contributed by atoms with Gasteiger partial charge in [-0.05, 0) is 49.1 Å². The molecule has 3 aromatic carbocycles. The molecule has 3 nitrogen and oxygen atoms in total. The van der Waals surface area contributed by atoms with Crippen molar-refractivity contribution in [3.8, 4) is 11.3 Å². The van der Waals surface area contributed by atoms with E-state index in [1.54, 1.807) is 0 Å². The van der Waals surface area contributed by atoms with E-state index in [0.717, 1.165) is 52.3 Å². The highest BCUT2D eigenvalue weighted by atomic mass is 35.5. The molecule has 0 bridgehead atoms.